The molecular formula is C5H8FO4. The Balaban J connectivity index is 2.58. The van der Waals surface area contributed by atoms with Crippen LogP contribution in [0.2, 0.25) is 0 Å². The van der Waals surface area contributed by atoms with Crippen LogP contribution >= 0.6 is 0 Å². The fourth-order valence-electron chi connectivity index (χ4n) is 0.731. The summed E-state index contributed by atoms with van der Waals surface area (Å²) in [5.74, 6) is -2.83. The zero-order valence-electron chi connectivity index (χ0n) is 5.07. The van der Waals surface area contributed by atoms with Crippen LogP contribution in [0.5, 0.6) is 0 Å². The van der Waals surface area contributed by atoms with Crippen LogP contribution in [0, 0.1) is 6.61 Å². The van der Waals surface area contributed by atoms with Gasteiger partial charge >= 0.3 is 0 Å². The fourth-order valence-corrected chi connectivity index (χ4v) is 0.731. The average Bonchev–Trinajstić information content (AvgIpc) is 2.10. The Kier molecular flexibility index (Phi) is 1.91. The maximum atomic E-state index is 12.5. The van der Waals surface area contributed by atoms with Crippen molar-refractivity contribution in [2.24, 2.45) is 0 Å². The predicted octanol–water partition coefficient (Wildman–Crippen LogP) is -1.44. The van der Waals surface area contributed by atoms with Gasteiger partial charge < -0.3 is 20.1 Å². The number of rotatable bonds is 1. The Labute approximate surface area is 56.9 Å². The van der Waals surface area contributed by atoms with Crippen molar-refractivity contribution >= 4 is 0 Å². The van der Waals surface area contributed by atoms with Gasteiger partial charge in [0.15, 0.2) is 6.61 Å². The number of aliphatic hydroxyl groups excluding tert-OH is 2. The second-order valence-electron chi connectivity index (χ2n) is 2.15. The van der Waals surface area contributed by atoms with Gasteiger partial charge in [-0.05, 0) is 0 Å². The van der Waals surface area contributed by atoms with Crippen molar-refractivity contribution in [1.82, 2.24) is 0 Å². The molecule has 0 amide bonds. The lowest BCUT2D eigenvalue weighted by Crippen LogP contribution is -2.39. The van der Waals surface area contributed by atoms with Gasteiger partial charge in [0.2, 0.25) is 0 Å². The number of aliphatic hydroxyl groups is 3. The maximum Gasteiger partial charge on any atom is 0.264 e. The lowest BCUT2D eigenvalue weighted by atomic mass is 10.1. The lowest BCUT2D eigenvalue weighted by Gasteiger charge is -2.15. The van der Waals surface area contributed by atoms with Gasteiger partial charge in [-0.3, -0.25) is 0 Å². The molecule has 0 aliphatic carbocycles. The second kappa shape index (κ2) is 2.43. The predicted molar refractivity (Wildman–Crippen MR) is 28.3 cm³/mol. The number of ether oxygens (including phenoxy) is 1. The molecule has 3 N–H and O–H groups in total. The molecule has 1 fully saturated rings. The Bertz CT molecular complexity index is 127. The van der Waals surface area contributed by atoms with Crippen molar-refractivity contribution in [2.45, 2.75) is 18.1 Å². The molecule has 0 saturated carbocycles. The maximum absolute atomic E-state index is 12.5. The van der Waals surface area contributed by atoms with E-state index in [4.69, 9.17) is 15.3 Å². The van der Waals surface area contributed by atoms with E-state index in [1.165, 1.54) is 0 Å². The molecule has 1 aliphatic rings. The first kappa shape index (κ1) is 7.87. The van der Waals surface area contributed by atoms with Gasteiger partial charge in [-0.25, -0.2) is 4.39 Å². The van der Waals surface area contributed by atoms with Gasteiger partial charge in [-0.1, -0.05) is 0 Å². The SMILES string of the molecule is OC[C@H]1O[CH][C@@](O)(F)[C@H]1O. The van der Waals surface area contributed by atoms with Crippen LogP contribution < -0.4 is 0 Å². The molecule has 4 nitrogen and oxygen atoms in total. The summed E-state index contributed by atoms with van der Waals surface area (Å²) in [5.41, 5.74) is 0. The van der Waals surface area contributed by atoms with Crippen LogP contribution in [0.15, 0.2) is 0 Å². The number of alkyl halides is 1. The normalized spacial score (nSPS) is 48.0. The van der Waals surface area contributed by atoms with Crippen molar-refractivity contribution in [3.8, 4) is 0 Å². The van der Waals surface area contributed by atoms with Crippen molar-refractivity contribution in [3.05, 3.63) is 6.61 Å². The van der Waals surface area contributed by atoms with Crippen LogP contribution in [-0.2, 0) is 4.74 Å². The minimum absolute atomic E-state index is 0.471. The smallest absolute Gasteiger partial charge is 0.264 e. The van der Waals surface area contributed by atoms with Gasteiger partial charge in [0.1, 0.15) is 12.2 Å². The van der Waals surface area contributed by atoms with Gasteiger partial charge in [-0.2, -0.15) is 0 Å². The van der Waals surface area contributed by atoms with E-state index in [-0.39, 0.29) is 0 Å². The van der Waals surface area contributed by atoms with Crippen LogP contribution in [-0.4, -0.2) is 40.0 Å². The minimum atomic E-state index is -2.83. The monoisotopic (exact) mass is 151 g/mol. The first-order chi connectivity index (χ1) is 4.58. The summed E-state index contributed by atoms with van der Waals surface area (Å²) in [6.07, 6.45) is -2.76. The quantitative estimate of drug-likeness (QED) is 0.429. The van der Waals surface area contributed by atoms with Crippen molar-refractivity contribution < 1.29 is 24.4 Å². The molecule has 1 aliphatic heterocycles. The Morgan fingerprint density at radius 2 is 2.30 bits per heavy atom. The van der Waals surface area contributed by atoms with E-state index in [1.807, 2.05) is 0 Å². The van der Waals surface area contributed by atoms with Gasteiger partial charge in [-0.15, -0.1) is 0 Å². The fraction of sp³-hybridized carbons (Fsp3) is 0.800. The average molecular weight is 151 g/mol. The van der Waals surface area contributed by atoms with E-state index in [0.29, 0.717) is 6.61 Å². The molecule has 0 aromatic rings. The highest BCUT2D eigenvalue weighted by atomic mass is 19.2. The number of hydrogen-bond acceptors (Lipinski definition) is 4. The van der Waals surface area contributed by atoms with Crippen molar-refractivity contribution in [2.75, 3.05) is 6.61 Å². The summed E-state index contributed by atoms with van der Waals surface area (Å²) in [6.45, 7) is -0.0531. The first-order valence-corrected chi connectivity index (χ1v) is 2.78. The highest BCUT2D eigenvalue weighted by Gasteiger charge is 2.48. The third-order valence-electron chi connectivity index (χ3n) is 1.36. The van der Waals surface area contributed by atoms with E-state index < -0.39 is 24.7 Å². The molecule has 0 spiro atoms. The van der Waals surface area contributed by atoms with E-state index in [1.54, 1.807) is 0 Å². The van der Waals surface area contributed by atoms with Gasteiger partial charge in [0.05, 0.1) is 6.61 Å². The van der Waals surface area contributed by atoms with Crippen LogP contribution in [0.3, 0.4) is 0 Å². The summed E-state index contributed by atoms with van der Waals surface area (Å²) in [4.78, 5) is 0. The summed E-state index contributed by atoms with van der Waals surface area (Å²) in [5, 5.41) is 25.7. The number of hydrogen-bond donors (Lipinski definition) is 3. The van der Waals surface area contributed by atoms with E-state index in [2.05, 4.69) is 4.74 Å². The molecule has 0 aromatic heterocycles. The van der Waals surface area contributed by atoms with E-state index >= 15 is 0 Å². The first-order valence-electron chi connectivity index (χ1n) is 2.78. The van der Waals surface area contributed by atoms with Crippen molar-refractivity contribution in [1.29, 1.82) is 0 Å². The highest BCUT2D eigenvalue weighted by Crippen LogP contribution is 2.28. The molecule has 1 radical (unpaired) electrons. The zero-order valence-corrected chi connectivity index (χ0v) is 5.07. The third kappa shape index (κ3) is 1.13. The topological polar surface area (TPSA) is 69.9 Å². The molecule has 10 heavy (non-hydrogen) atoms. The Hall–Kier alpha value is -0.230. The van der Waals surface area contributed by atoms with E-state index in [0.717, 1.165) is 0 Å². The molecule has 1 saturated heterocycles. The summed E-state index contributed by atoms with van der Waals surface area (Å²) < 4.78 is 16.8. The molecule has 0 aromatic carbocycles. The highest BCUT2D eigenvalue weighted by molar-refractivity contribution is 4.95. The van der Waals surface area contributed by atoms with Crippen LogP contribution in [0.4, 0.5) is 4.39 Å². The van der Waals surface area contributed by atoms with Crippen molar-refractivity contribution in [3.63, 3.8) is 0 Å². The Morgan fingerprint density at radius 3 is 2.50 bits per heavy atom. The lowest BCUT2D eigenvalue weighted by molar-refractivity contribution is -0.133. The molecule has 3 atom stereocenters. The zero-order chi connectivity index (χ0) is 7.78. The molecule has 0 bridgehead atoms. The molecule has 0 unspecified atom stereocenters. The summed E-state index contributed by atoms with van der Waals surface area (Å²) in [6, 6.07) is 0. The van der Waals surface area contributed by atoms with E-state index in [9.17, 15) is 4.39 Å². The minimum Gasteiger partial charge on any atom is -0.394 e. The molecular weight excluding hydrogens is 143 g/mol. The Morgan fingerprint density at radius 1 is 1.70 bits per heavy atom. The molecule has 1 heterocycles. The van der Waals surface area contributed by atoms with Gasteiger partial charge in [0, 0.05) is 0 Å². The molecule has 1 rings (SSSR count). The summed E-state index contributed by atoms with van der Waals surface area (Å²) in [7, 11) is 0. The molecule has 59 valence electrons. The molecule has 5 heteroatoms. The second-order valence-corrected chi connectivity index (χ2v) is 2.15. The number of halogens is 1. The van der Waals surface area contributed by atoms with Gasteiger partial charge in [0.25, 0.3) is 5.85 Å². The third-order valence-corrected chi connectivity index (χ3v) is 1.36. The summed E-state index contributed by atoms with van der Waals surface area (Å²) >= 11 is 0. The largest absolute Gasteiger partial charge is 0.394 e. The van der Waals surface area contributed by atoms with Crippen LogP contribution in [0.25, 0.3) is 0 Å². The van der Waals surface area contributed by atoms with Crippen LogP contribution in [0.1, 0.15) is 0 Å². The standard InChI is InChI=1S/C5H8FO4/c6-5(9)2-10-3(1-7)4(5)8/h2-4,7-9H,1H2/t3-,4+,5+/m1/s1.